The molecule has 0 aliphatic rings. The largest absolute Gasteiger partial charge is 0.350 e. The summed E-state index contributed by atoms with van der Waals surface area (Å²) in [6, 6.07) is 14.0. The molecule has 2 aromatic rings. The molecule has 0 spiro atoms. The van der Waals surface area contributed by atoms with E-state index in [0.29, 0.717) is 11.0 Å². The minimum Gasteiger partial charge on any atom is -0.350 e. The average Bonchev–Trinajstić information content (AvgIpc) is 2.47. The molecule has 0 heterocycles. The summed E-state index contributed by atoms with van der Waals surface area (Å²) < 4.78 is 14.2. The molecule has 2 nitrogen and oxygen atoms in total. The number of nitrogens with one attached hydrogen (secondary N) is 1. The smallest absolute Gasteiger partial charge is 0.254 e. The Labute approximate surface area is 133 Å². The lowest BCUT2D eigenvalue weighted by atomic mass is 10.1. The van der Waals surface area contributed by atoms with Crippen molar-refractivity contribution in [1.82, 2.24) is 5.32 Å². The molecule has 0 aliphatic heterocycles. The monoisotopic (exact) mass is 399 g/mol. The maximum absolute atomic E-state index is 13.6. The van der Waals surface area contributed by atoms with Crippen LogP contribution in [0.2, 0.25) is 0 Å². The molecule has 0 saturated heterocycles. The van der Waals surface area contributed by atoms with E-state index in [1.165, 1.54) is 12.1 Å². The van der Waals surface area contributed by atoms with Gasteiger partial charge in [-0.3, -0.25) is 4.79 Å². The Hall–Kier alpha value is -1.20. The van der Waals surface area contributed by atoms with Gasteiger partial charge >= 0.3 is 0 Å². The first-order valence-corrected chi connectivity index (χ1v) is 7.71. The number of hydrogen-bond acceptors (Lipinski definition) is 1. The molecule has 0 aliphatic carbocycles. The zero-order valence-electron chi connectivity index (χ0n) is 10.4. The van der Waals surface area contributed by atoms with E-state index >= 15 is 0 Å². The average molecular weight is 401 g/mol. The molecular weight excluding hydrogens is 389 g/mol. The van der Waals surface area contributed by atoms with Gasteiger partial charge in [0.1, 0.15) is 5.82 Å². The lowest BCUT2D eigenvalue weighted by Crippen LogP contribution is -2.27. The van der Waals surface area contributed by atoms with Crippen LogP contribution in [0, 0.1) is 5.82 Å². The van der Waals surface area contributed by atoms with Gasteiger partial charge < -0.3 is 5.32 Å². The third-order valence-corrected chi connectivity index (χ3v) is 4.12. The lowest BCUT2D eigenvalue weighted by Gasteiger charge is -2.12. The van der Waals surface area contributed by atoms with E-state index < -0.39 is 11.7 Å². The van der Waals surface area contributed by atoms with E-state index in [4.69, 9.17) is 0 Å². The molecule has 1 amide bonds. The number of rotatable bonds is 4. The van der Waals surface area contributed by atoms with E-state index in [2.05, 4.69) is 37.2 Å². The Kier molecular flexibility index (Phi) is 5.31. The first-order valence-electron chi connectivity index (χ1n) is 6.00. The molecule has 20 heavy (non-hydrogen) atoms. The molecule has 2 aromatic carbocycles. The van der Waals surface area contributed by atoms with Crippen molar-refractivity contribution in [3.05, 3.63) is 69.9 Å². The fourth-order valence-corrected chi connectivity index (χ4v) is 2.56. The number of carbonyl (C=O) groups is 1. The predicted molar refractivity (Wildman–Crippen MR) is 84.5 cm³/mol. The van der Waals surface area contributed by atoms with Gasteiger partial charge in [0.25, 0.3) is 5.91 Å². The summed E-state index contributed by atoms with van der Waals surface area (Å²) in [5.41, 5.74) is 1.09. The summed E-state index contributed by atoms with van der Waals surface area (Å²) in [5, 5.41) is 2.72. The minimum atomic E-state index is -0.531. The normalized spacial score (nSPS) is 11.9. The summed E-state index contributed by atoms with van der Waals surface area (Å²) in [6.07, 6.45) is 0. The highest BCUT2D eigenvalue weighted by molar-refractivity contribution is 9.10. The van der Waals surface area contributed by atoms with Gasteiger partial charge in [0.2, 0.25) is 0 Å². The standard InChI is InChI=1S/C15H12Br2FNO/c16-11-6-7-14(18)12(8-11)15(20)19-9-13(17)10-4-2-1-3-5-10/h1-8,13H,9H2,(H,19,20). The van der Waals surface area contributed by atoms with Gasteiger partial charge in [-0.25, -0.2) is 4.39 Å². The fourth-order valence-electron chi connectivity index (χ4n) is 1.73. The van der Waals surface area contributed by atoms with Crippen molar-refractivity contribution in [3.63, 3.8) is 0 Å². The van der Waals surface area contributed by atoms with Crippen LogP contribution in [0.1, 0.15) is 20.7 Å². The molecule has 5 heteroatoms. The number of carbonyl (C=O) groups excluding carboxylic acids is 1. The number of hydrogen-bond donors (Lipinski definition) is 1. The van der Waals surface area contributed by atoms with Crippen LogP contribution in [0.4, 0.5) is 4.39 Å². The molecule has 0 aromatic heterocycles. The van der Waals surface area contributed by atoms with Gasteiger partial charge in [-0.15, -0.1) is 0 Å². The second-order valence-corrected chi connectivity index (χ2v) is 6.23. The first-order chi connectivity index (χ1) is 9.58. The number of benzene rings is 2. The molecule has 0 fully saturated rings. The van der Waals surface area contributed by atoms with Crippen molar-refractivity contribution in [2.75, 3.05) is 6.54 Å². The summed E-state index contributed by atoms with van der Waals surface area (Å²) in [5.74, 6) is -0.958. The first kappa shape index (κ1) is 15.2. The third kappa shape index (κ3) is 3.90. The van der Waals surface area contributed by atoms with Crippen molar-refractivity contribution in [3.8, 4) is 0 Å². The Morgan fingerprint density at radius 2 is 1.90 bits per heavy atom. The van der Waals surface area contributed by atoms with E-state index in [1.54, 1.807) is 6.07 Å². The van der Waals surface area contributed by atoms with Crippen LogP contribution < -0.4 is 5.32 Å². The number of halogens is 3. The second-order valence-electron chi connectivity index (χ2n) is 4.21. The van der Waals surface area contributed by atoms with E-state index in [0.717, 1.165) is 5.56 Å². The molecule has 1 atom stereocenters. The summed E-state index contributed by atoms with van der Waals surface area (Å²) in [6.45, 7) is 0.384. The SMILES string of the molecule is O=C(NCC(Br)c1ccccc1)c1cc(Br)ccc1F. The van der Waals surface area contributed by atoms with Crippen LogP contribution in [0.5, 0.6) is 0 Å². The van der Waals surface area contributed by atoms with Crippen LogP contribution in [0.3, 0.4) is 0 Å². The van der Waals surface area contributed by atoms with Crippen molar-refractivity contribution in [2.24, 2.45) is 0 Å². The minimum absolute atomic E-state index is 0.0112. The topological polar surface area (TPSA) is 29.1 Å². The van der Waals surface area contributed by atoms with Crippen molar-refractivity contribution in [2.45, 2.75) is 4.83 Å². The van der Waals surface area contributed by atoms with E-state index in [9.17, 15) is 9.18 Å². The number of amides is 1. The van der Waals surface area contributed by atoms with Gasteiger partial charge in [0.15, 0.2) is 0 Å². The van der Waals surface area contributed by atoms with Gasteiger partial charge in [0, 0.05) is 11.0 Å². The van der Waals surface area contributed by atoms with Crippen LogP contribution in [0.15, 0.2) is 53.0 Å². The third-order valence-electron chi connectivity index (χ3n) is 2.78. The highest BCUT2D eigenvalue weighted by atomic mass is 79.9. The Morgan fingerprint density at radius 3 is 2.60 bits per heavy atom. The maximum atomic E-state index is 13.6. The highest BCUT2D eigenvalue weighted by Crippen LogP contribution is 2.21. The van der Waals surface area contributed by atoms with E-state index in [1.807, 2.05) is 30.3 Å². The lowest BCUT2D eigenvalue weighted by molar-refractivity contribution is 0.0950. The molecule has 2 rings (SSSR count). The van der Waals surface area contributed by atoms with Crippen molar-refractivity contribution in [1.29, 1.82) is 0 Å². The molecule has 1 N–H and O–H groups in total. The highest BCUT2D eigenvalue weighted by Gasteiger charge is 2.14. The molecule has 0 bridgehead atoms. The number of alkyl halides is 1. The summed E-state index contributed by atoms with van der Waals surface area (Å²) >= 11 is 6.73. The van der Waals surface area contributed by atoms with Crippen LogP contribution in [-0.4, -0.2) is 12.5 Å². The van der Waals surface area contributed by atoms with Crippen molar-refractivity contribution >= 4 is 37.8 Å². The molecule has 0 saturated carbocycles. The molecular formula is C15H12Br2FNO. The van der Waals surface area contributed by atoms with Crippen LogP contribution in [-0.2, 0) is 0 Å². The predicted octanol–water partition coefficient (Wildman–Crippen LogP) is 4.45. The van der Waals surface area contributed by atoms with Gasteiger partial charge in [-0.05, 0) is 23.8 Å². The van der Waals surface area contributed by atoms with Gasteiger partial charge in [-0.1, -0.05) is 62.2 Å². The quantitative estimate of drug-likeness (QED) is 0.754. The summed E-state index contributed by atoms with van der Waals surface area (Å²) in [4.78, 5) is 11.9. The van der Waals surface area contributed by atoms with Gasteiger partial charge in [-0.2, -0.15) is 0 Å². The molecule has 0 radical (unpaired) electrons. The summed E-state index contributed by atoms with van der Waals surface area (Å²) in [7, 11) is 0. The zero-order valence-corrected chi connectivity index (χ0v) is 13.6. The van der Waals surface area contributed by atoms with Crippen LogP contribution >= 0.6 is 31.9 Å². The van der Waals surface area contributed by atoms with E-state index in [-0.39, 0.29) is 10.4 Å². The second kappa shape index (κ2) is 6.99. The van der Waals surface area contributed by atoms with Gasteiger partial charge in [0.05, 0.1) is 10.4 Å². The molecule has 1 unspecified atom stereocenters. The maximum Gasteiger partial charge on any atom is 0.254 e. The van der Waals surface area contributed by atoms with Crippen molar-refractivity contribution < 1.29 is 9.18 Å². The Morgan fingerprint density at radius 1 is 1.20 bits per heavy atom. The van der Waals surface area contributed by atoms with Crippen LogP contribution in [0.25, 0.3) is 0 Å². The Bertz CT molecular complexity index is 604. The zero-order chi connectivity index (χ0) is 14.5. The Balaban J connectivity index is 2.00. The molecule has 104 valence electrons. The fraction of sp³-hybridized carbons (Fsp3) is 0.133.